The zero-order valence-corrected chi connectivity index (χ0v) is 19.8. The van der Waals surface area contributed by atoms with E-state index in [1.54, 1.807) is 0 Å². The van der Waals surface area contributed by atoms with Gasteiger partial charge in [0.2, 0.25) is 0 Å². The summed E-state index contributed by atoms with van der Waals surface area (Å²) in [5.74, 6) is 0. The minimum absolute atomic E-state index is 1.42. The average Bonchev–Trinajstić information content (AvgIpc) is 2.84. The summed E-state index contributed by atoms with van der Waals surface area (Å²) in [4.78, 5) is 1.44. The van der Waals surface area contributed by atoms with E-state index in [0.29, 0.717) is 0 Å². The van der Waals surface area contributed by atoms with Crippen LogP contribution < -0.4 is 20.7 Å². The number of rotatable bonds is 6. The molecule has 0 unspecified atom stereocenters. The maximum atomic E-state index is 4.93. The van der Waals surface area contributed by atoms with Crippen molar-refractivity contribution in [1.29, 1.82) is 0 Å². The van der Waals surface area contributed by atoms with Crippen molar-refractivity contribution in [3.05, 3.63) is 133 Å². The van der Waals surface area contributed by atoms with Gasteiger partial charge in [-0.15, -0.1) is 6.58 Å². The summed E-state index contributed by atoms with van der Waals surface area (Å²) in [6, 6.07) is 44.2. The molecule has 30 heavy (non-hydrogen) atoms. The first-order valence-electron chi connectivity index (χ1n) is 10.5. The second-order valence-corrected chi connectivity index (χ2v) is 16.7. The van der Waals surface area contributed by atoms with E-state index in [1.807, 2.05) is 0 Å². The quantitative estimate of drug-likeness (QED) is 0.405. The maximum Gasteiger partial charge on any atom is 0.137 e. The molecule has 0 heterocycles. The van der Waals surface area contributed by atoms with Crippen LogP contribution in [0.15, 0.2) is 133 Å². The largest absolute Gasteiger partial charge is 0.137 e. The Labute approximate surface area is 182 Å². The summed E-state index contributed by atoms with van der Waals surface area (Å²) in [5.41, 5.74) is 0. The van der Waals surface area contributed by atoms with Crippen LogP contribution in [0.1, 0.15) is 0 Å². The zero-order valence-electron chi connectivity index (χ0n) is 17.8. The zero-order chi connectivity index (χ0) is 21.0. The second-order valence-electron chi connectivity index (χ2n) is 8.19. The molecule has 0 bridgehead atoms. The predicted molar refractivity (Wildman–Crippen MR) is 137 cm³/mol. The van der Waals surface area contributed by atoms with Crippen molar-refractivity contribution in [2.24, 2.45) is 0 Å². The Hall–Kier alpha value is -2.95. The molecule has 0 aliphatic carbocycles. The molecule has 0 saturated heterocycles. The summed E-state index contributed by atoms with van der Waals surface area (Å²) in [5, 5.41) is 5.69. The van der Waals surface area contributed by atoms with Gasteiger partial charge in [0.1, 0.15) is 16.1 Å². The lowest BCUT2D eigenvalue weighted by atomic mass is 10.4. The van der Waals surface area contributed by atoms with Crippen LogP contribution in [-0.4, -0.2) is 16.1 Å². The third-order valence-corrected chi connectivity index (χ3v) is 18.0. The van der Waals surface area contributed by atoms with Gasteiger partial charge in [-0.05, 0) is 0 Å². The van der Waals surface area contributed by atoms with Gasteiger partial charge >= 0.3 is 0 Å². The van der Waals surface area contributed by atoms with E-state index in [4.69, 9.17) is 6.58 Å². The highest BCUT2D eigenvalue weighted by Crippen LogP contribution is 2.25. The fourth-order valence-corrected chi connectivity index (χ4v) is 15.8. The lowest BCUT2D eigenvalue weighted by molar-refractivity contribution is 1.64. The van der Waals surface area contributed by atoms with E-state index in [1.165, 1.54) is 25.6 Å². The lowest BCUT2D eigenvalue weighted by Gasteiger charge is -2.41. The molecule has 4 aromatic rings. The first-order valence-corrected chi connectivity index (χ1v) is 15.5. The first kappa shape index (κ1) is 20.3. The first-order chi connectivity index (χ1) is 14.6. The van der Waals surface area contributed by atoms with Crippen LogP contribution >= 0.6 is 0 Å². The molecule has 148 valence electrons. The molecular weight excluding hydrogens is 392 g/mol. The van der Waals surface area contributed by atoms with E-state index in [-0.39, 0.29) is 0 Å². The molecule has 0 fully saturated rings. The van der Waals surface area contributed by atoms with Gasteiger partial charge in [0.05, 0.1) is 0 Å². The van der Waals surface area contributed by atoms with Crippen molar-refractivity contribution in [2.45, 2.75) is 13.1 Å². The number of hydrogen-bond acceptors (Lipinski definition) is 0. The van der Waals surface area contributed by atoms with Gasteiger partial charge in [0, 0.05) is 0 Å². The fraction of sp³-hybridized carbons (Fsp3) is 0.0714. The Morgan fingerprint density at radius 3 is 0.833 bits per heavy atom. The van der Waals surface area contributed by atoms with Crippen LogP contribution in [0, 0.1) is 0 Å². The van der Waals surface area contributed by atoms with E-state index >= 15 is 0 Å². The summed E-state index contributed by atoms with van der Waals surface area (Å²) in [6.07, 6.45) is 0. The van der Waals surface area contributed by atoms with Gasteiger partial charge in [-0.2, -0.15) is 0 Å². The summed E-state index contributed by atoms with van der Waals surface area (Å²) in [6.45, 7) is 9.89. The van der Waals surface area contributed by atoms with Gasteiger partial charge in [0.25, 0.3) is 0 Å². The molecule has 0 aliphatic rings. The van der Waals surface area contributed by atoms with Crippen LogP contribution in [0.3, 0.4) is 0 Å². The molecule has 4 rings (SSSR count). The van der Waals surface area contributed by atoms with Crippen LogP contribution in [0.5, 0.6) is 0 Å². The van der Waals surface area contributed by atoms with Gasteiger partial charge in [0.15, 0.2) is 0 Å². The van der Waals surface area contributed by atoms with Crippen LogP contribution in [0.25, 0.3) is 0 Å². The Morgan fingerprint density at radius 1 is 0.433 bits per heavy atom. The smallest absolute Gasteiger partial charge is 0.106 e. The van der Waals surface area contributed by atoms with Crippen LogP contribution in [0.4, 0.5) is 0 Å². The Morgan fingerprint density at radius 2 is 0.633 bits per heavy atom. The number of hydrogen-bond donors (Lipinski definition) is 0. The van der Waals surface area contributed by atoms with Crippen molar-refractivity contribution in [3.8, 4) is 0 Å². The van der Waals surface area contributed by atoms with E-state index in [0.717, 1.165) is 0 Å². The minimum Gasteiger partial charge on any atom is -0.106 e. The average molecular weight is 421 g/mol. The highest BCUT2D eigenvalue weighted by Gasteiger charge is 2.46. The van der Waals surface area contributed by atoms with Gasteiger partial charge in [-0.3, -0.25) is 0 Å². The van der Waals surface area contributed by atoms with Crippen molar-refractivity contribution in [2.75, 3.05) is 0 Å². The molecule has 0 radical (unpaired) electrons. The molecule has 0 atom stereocenters. The minimum atomic E-state index is -2.24. The third kappa shape index (κ3) is 3.43. The van der Waals surface area contributed by atoms with Crippen LogP contribution in [0.2, 0.25) is 13.1 Å². The Bertz CT molecular complexity index is 934. The normalized spacial score (nSPS) is 11.8. The maximum absolute atomic E-state index is 4.93. The summed E-state index contributed by atoms with van der Waals surface area (Å²) < 4.78 is 0. The summed E-state index contributed by atoms with van der Waals surface area (Å²) >= 11 is 0. The molecule has 0 saturated carbocycles. The van der Waals surface area contributed by atoms with Gasteiger partial charge in [-0.25, -0.2) is 0 Å². The third-order valence-electron chi connectivity index (χ3n) is 6.61. The fourth-order valence-electron chi connectivity index (χ4n) is 4.62. The molecule has 0 amide bonds. The molecule has 4 aromatic carbocycles. The molecule has 2 heteroatoms. The van der Waals surface area contributed by atoms with E-state index < -0.39 is 16.1 Å². The van der Waals surface area contributed by atoms with Crippen LogP contribution in [-0.2, 0) is 0 Å². The van der Waals surface area contributed by atoms with E-state index in [2.05, 4.69) is 134 Å². The molecule has 0 nitrogen and oxygen atoms in total. The number of benzene rings is 4. The predicted octanol–water partition coefficient (Wildman–Crippen LogP) is 4.41. The molecule has 0 aliphatic heterocycles. The van der Waals surface area contributed by atoms with Crippen molar-refractivity contribution in [3.63, 3.8) is 0 Å². The SMILES string of the molecule is C=C([Si](C)(c1ccccc1)c1ccccc1)[Si](C)(c1ccccc1)c1ccccc1. The van der Waals surface area contributed by atoms with Gasteiger partial charge in [-0.1, -0.05) is 160 Å². The van der Waals surface area contributed by atoms with Crippen molar-refractivity contribution in [1.82, 2.24) is 0 Å². The molecule has 0 spiro atoms. The van der Waals surface area contributed by atoms with Gasteiger partial charge < -0.3 is 0 Å². The second kappa shape index (κ2) is 8.43. The highest BCUT2D eigenvalue weighted by molar-refractivity contribution is 7.24. The lowest BCUT2D eigenvalue weighted by Crippen LogP contribution is -2.69. The monoisotopic (exact) mass is 420 g/mol. The molecular formula is C28H28Si2. The Balaban J connectivity index is 1.99. The van der Waals surface area contributed by atoms with Crippen molar-refractivity contribution < 1.29 is 0 Å². The van der Waals surface area contributed by atoms with Crippen molar-refractivity contribution >= 4 is 36.9 Å². The molecule has 0 aromatic heterocycles. The highest BCUT2D eigenvalue weighted by atomic mass is 28.4. The summed E-state index contributed by atoms with van der Waals surface area (Å²) in [7, 11) is -4.48. The molecule has 0 N–H and O–H groups in total. The van der Waals surface area contributed by atoms with E-state index in [9.17, 15) is 0 Å². The Kier molecular flexibility index (Phi) is 5.71. The standard InChI is InChI=1S/C28H28Si2/c1-24(29(2,25-16-8-4-9-17-25)26-18-10-5-11-19-26)30(3,27-20-12-6-13-21-27)28-22-14-7-15-23-28/h4-23H,1H2,2-3H3. The topological polar surface area (TPSA) is 0 Å².